The maximum atomic E-state index is 5.80. The van der Waals surface area contributed by atoms with Gasteiger partial charge in [-0.3, -0.25) is 0 Å². The van der Waals surface area contributed by atoms with Crippen LogP contribution in [0.2, 0.25) is 0 Å². The van der Waals surface area contributed by atoms with E-state index in [0.29, 0.717) is 6.04 Å². The van der Waals surface area contributed by atoms with Crippen LogP contribution in [0.15, 0.2) is 16.8 Å². The molecule has 11 heavy (non-hydrogen) atoms. The fourth-order valence-electron chi connectivity index (χ4n) is 1.66. The predicted octanol–water partition coefficient (Wildman–Crippen LogP) is 2.20. The highest BCUT2D eigenvalue weighted by atomic mass is 32.1. The summed E-state index contributed by atoms with van der Waals surface area (Å²) in [5.74, 6) is 1.53. The largest absolute Gasteiger partial charge is 0.328 e. The van der Waals surface area contributed by atoms with Gasteiger partial charge in [0.1, 0.15) is 0 Å². The molecule has 60 valence electrons. The molecule has 0 spiro atoms. The summed E-state index contributed by atoms with van der Waals surface area (Å²) in [5.41, 5.74) is 7.30. The average Bonchev–Trinajstić information content (AvgIpc) is 2.60. The molecule has 1 aliphatic rings. The molecule has 1 aliphatic carbocycles. The number of nitrogens with two attached hydrogens (primary N) is 1. The third kappa shape index (κ3) is 1.33. The molecule has 1 saturated carbocycles. The Labute approximate surface area is 71.2 Å². The first-order valence-corrected chi connectivity index (χ1v) is 5.01. The first kappa shape index (κ1) is 7.32. The molecule has 0 aliphatic heterocycles. The van der Waals surface area contributed by atoms with Crippen molar-refractivity contribution in [2.24, 2.45) is 11.7 Å². The van der Waals surface area contributed by atoms with Gasteiger partial charge in [0.25, 0.3) is 0 Å². The molecule has 1 aromatic rings. The third-order valence-electron chi connectivity index (χ3n) is 2.49. The molecule has 0 radical (unpaired) electrons. The van der Waals surface area contributed by atoms with Crippen molar-refractivity contribution in [3.05, 3.63) is 22.4 Å². The van der Waals surface area contributed by atoms with Crippen molar-refractivity contribution in [3.8, 4) is 0 Å². The standard InChI is InChI=1S/C9H13NS/c1-6(10)8-4-9(8)7-2-3-11-5-7/h2-3,5-6,8-9H,4,10H2,1H3/t6-,8-,9-/m0/s1. The van der Waals surface area contributed by atoms with Crippen LogP contribution < -0.4 is 5.73 Å². The normalized spacial score (nSPS) is 31.8. The maximum Gasteiger partial charge on any atom is 0.00448 e. The van der Waals surface area contributed by atoms with E-state index in [1.165, 1.54) is 12.0 Å². The zero-order valence-electron chi connectivity index (χ0n) is 6.66. The maximum absolute atomic E-state index is 5.80. The first-order chi connectivity index (χ1) is 5.29. The van der Waals surface area contributed by atoms with Crippen molar-refractivity contribution in [3.63, 3.8) is 0 Å². The molecule has 2 heteroatoms. The van der Waals surface area contributed by atoms with E-state index in [9.17, 15) is 0 Å². The molecule has 2 rings (SSSR count). The van der Waals surface area contributed by atoms with E-state index in [0.717, 1.165) is 11.8 Å². The first-order valence-electron chi connectivity index (χ1n) is 4.06. The van der Waals surface area contributed by atoms with E-state index in [4.69, 9.17) is 5.73 Å². The van der Waals surface area contributed by atoms with Gasteiger partial charge in [0.05, 0.1) is 0 Å². The van der Waals surface area contributed by atoms with Gasteiger partial charge in [-0.2, -0.15) is 11.3 Å². The van der Waals surface area contributed by atoms with Crippen LogP contribution in [0.1, 0.15) is 24.8 Å². The van der Waals surface area contributed by atoms with Crippen LogP contribution in [0, 0.1) is 5.92 Å². The van der Waals surface area contributed by atoms with E-state index < -0.39 is 0 Å². The van der Waals surface area contributed by atoms with E-state index in [1.54, 1.807) is 11.3 Å². The second-order valence-corrected chi connectivity index (χ2v) is 4.20. The lowest BCUT2D eigenvalue weighted by Crippen LogP contribution is -2.17. The Bertz CT molecular complexity index is 228. The van der Waals surface area contributed by atoms with E-state index in [1.807, 2.05) is 0 Å². The Balaban J connectivity index is 2.02. The molecule has 0 aromatic carbocycles. The van der Waals surface area contributed by atoms with Crippen molar-refractivity contribution < 1.29 is 0 Å². The minimum Gasteiger partial charge on any atom is -0.328 e. The Morgan fingerprint density at radius 3 is 3.00 bits per heavy atom. The average molecular weight is 167 g/mol. The van der Waals surface area contributed by atoms with Gasteiger partial charge in [0.15, 0.2) is 0 Å². The number of hydrogen-bond acceptors (Lipinski definition) is 2. The van der Waals surface area contributed by atoms with Crippen LogP contribution in [0.25, 0.3) is 0 Å². The number of thiophene rings is 1. The van der Waals surface area contributed by atoms with Gasteiger partial charge in [0, 0.05) is 6.04 Å². The van der Waals surface area contributed by atoms with Gasteiger partial charge in [0.2, 0.25) is 0 Å². The van der Waals surface area contributed by atoms with Crippen LogP contribution in [0.5, 0.6) is 0 Å². The summed E-state index contributed by atoms with van der Waals surface area (Å²) in [6, 6.07) is 2.59. The molecule has 0 unspecified atom stereocenters. The Hall–Kier alpha value is -0.340. The molecule has 1 nitrogen and oxygen atoms in total. The molecule has 0 bridgehead atoms. The summed E-state index contributed by atoms with van der Waals surface area (Å²) >= 11 is 1.78. The van der Waals surface area contributed by atoms with Crippen molar-refractivity contribution >= 4 is 11.3 Å². The Morgan fingerprint density at radius 1 is 1.73 bits per heavy atom. The van der Waals surface area contributed by atoms with Crippen molar-refractivity contribution in [1.82, 2.24) is 0 Å². The van der Waals surface area contributed by atoms with Crippen molar-refractivity contribution in [2.75, 3.05) is 0 Å². The van der Waals surface area contributed by atoms with Gasteiger partial charge in [-0.1, -0.05) is 0 Å². The molecule has 3 atom stereocenters. The third-order valence-corrected chi connectivity index (χ3v) is 3.19. The lowest BCUT2D eigenvalue weighted by atomic mass is 10.1. The molecular weight excluding hydrogens is 154 g/mol. The smallest absolute Gasteiger partial charge is 0.00448 e. The lowest BCUT2D eigenvalue weighted by molar-refractivity contribution is 0.632. The van der Waals surface area contributed by atoms with Crippen molar-refractivity contribution in [2.45, 2.75) is 25.3 Å². The van der Waals surface area contributed by atoms with Gasteiger partial charge < -0.3 is 5.73 Å². The summed E-state index contributed by atoms with van der Waals surface area (Å²) in [6.45, 7) is 2.11. The number of hydrogen-bond donors (Lipinski definition) is 1. The molecule has 2 N–H and O–H groups in total. The summed E-state index contributed by atoms with van der Waals surface area (Å²) in [6.07, 6.45) is 1.30. The van der Waals surface area contributed by atoms with Gasteiger partial charge in [-0.05, 0) is 47.6 Å². The molecule has 0 amide bonds. The van der Waals surface area contributed by atoms with E-state index in [2.05, 4.69) is 23.8 Å². The van der Waals surface area contributed by atoms with Gasteiger partial charge in [-0.15, -0.1) is 0 Å². The van der Waals surface area contributed by atoms with E-state index in [-0.39, 0.29) is 0 Å². The van der Waals surface area contributed by atoms with Gasteiger partial charge in [-0.25, -0.2) is 0 Å². The highest BCUT2D eigenvalue weighted by Crippen LogP contribution is 2.49. The van der Waals surface area contributed by atoms with Crippen LogP contribution >= 0.6 is 11.3 Å². The van der Waals surface area contributed by atoms with Crippen LogP contribution in [-0.2, 0) is 0 Å². The second kappa shape index (κ2) is 2.61. The van der Waals surface area contributed by atoms with Crippen LogP contribution in [0.3, 0.4) is 0 Å². The fourth-order valence-corrected chi connectivity index (χ4v) is 2.39. The molecule has 1 aromatic heterocycles. The predicted molar refractivity (Wildman–Crippen MR) is 48.8 cm³/mol. The fraction of sp³-hybridized carbons (Fsp3) is 0.556. The highest BCUT2D eigenvalue weighted by Gasteiger charge is 2.40. The Kier molecular flexibility index (Phi) is 1.74. The lowest BCUT2D eigenvalue weighted by Gasteiger charge is -2.00. The van der Waals surface area contributed by atoms with Gasteiger partial charge >= 0.3 is 0 Å². The molecule has 1 fully saturated rings. The van der Waals surface area contributed by atoms with Crippen molar-refractivity contribution in [1.29, 1.82) is 0 Å². The quantitative estimate of drug-likeness (QED) is 0.718. The second-order valence-electron chi connectivity index (χ2n) is 3.42. The topological polar surface area (TPSA) is 26.0 Å². The Morgan fingerprint density at radius 2 is 2.55 bits per heavy atom. The zero-order valence-corrected chi connectivity index (χ0v) is 7.47. The summed E-state index contributed by atoms with van der Waals surface area (Å²) in [5, 5.41) is 4.39. The van der Waals surface area contributed by atoms with Crippen LogP contribution in [0.4, 0.5) is 0 Å². The summed E-state index contributed by atoms with van der Waals surface area (Å²) in [4.78, 5) is 0. The molecule has 0 saturated heterocycles. The molecule has 1 heterocycles. The van der Waals surface area contributed by atoms with Crippen LogP contribution in [-0.4, -0.2) is 6.04 Å². The SMILES string of the molecule is C[C@H](N)[C@@H]1C[C@H]1c1ccsc1. The van der Waals surface area contributed by atoms with E-state index >= 15 is 0 Å². The molecular formula is C9H13NS. The minimum absolute atomic E-state index is 0.375. The summed E-state index contributed by atoms with van der Waals surface area (Å²) < 4.78 is 0. The minimum atomic E-state index is 0.375. The number of rotatable bonds is 2. The highest BCUT2D eigenvalue weighted by molar-refractivity contribution is 7.08. The summed E-state index contributed by atoms with van der Waals surface area (Å²) in [7, 11) is 0. The zero-order chi connectivity index (χ0) is 7.84. The monoisotopic (exact) mass is 167 g/mol.